The standard InChI is InChI=1S/C27H23F6N7O2S/c1-14-21(23(41)37-16-4-7-20(19(28)12-16)40-10-8-34-9-11-40)43-24(36-14)18-13-35-26(39-22(18)27(31,32)33)38-15-2-5-17(6-3-15)42-25(29)30/h2-7,12-13,25,34H,8-11H2,1H3,(H,37,41)(H,35,38,39). The molecule has 0 atom stereocenters. The van der Waals surface area contributed by atoms with Gasteiger partial charge in [0.25, 0.3) is 5.91 Å². The second kappa shape index (κ2) is 12.4. The van der Waals surface area contributed by atoms with Crippen molar-refractivity contribution in [2.75, 3.05) is 41.7 Å². The van der Waals surface area contributed by atoms with Gasteiger partial charge in [-0.15, -0.1) is 11.3 Å². The Morgan fingerprint density at radius 2 is 1.77 bits per heavy atom. The van der Waals surface area contributed by atoms with E-state index in [0.29, 0.717) is 30.1 Å². The molecule has 1 aliphatic rings. The van der Waals surface area contributed by atoms with Crippen LogP contribution in [0.1, 0.15) is 21.1 Å². The van der Waals surface area contributed by atoms with Gasteiger partial charge in [0.2, 0.25) is 5.95 Å². The first-order valence-electron chi connectivity index (χ1n) is 12.8. The molecule has 1 aliphatic heterocycles. The molecule has 43 heavy (non-hydrogen) atoms. The number of carbonyl (C=O) groups is 1. The molecule has 9 nitrogen and oxygen atoms in total. The first kappa shape index (κ1) is 30.0. The summed E-state index contributed by atoms with van der Waals surface area (Å²) in [6, 6.07) is 9.32. The molecule has 0 unspecified atom stereocenters. The summed E-state index contributed by atoms with van der Waals surface area (Å²) in [6.07, 6.45) is -3.98. The van der Waals surface area contributed by atoms with Crippen LogP contribution in [0.2, 0.25) is 0 Å². The lowest BCUT2D eigenvalue weighted by molar-refractivity contribution is -0.140. The van der Waals surface area contributed by atoms with Crippen molar-refractivity contribution in [3.63, 3.8) is 0 Å². The van der Waals surface area contributed by atoms with Crippen molar-refractivity contribution >= 4 is 40.3 Å². The highest BCUT2D eigenvalue weighted by Gasteiger charge is 2.38. The summed E-state index contributed by atoms with van der Waals surface area (Å²) in [5.41, 5.74) is -0.766. The molecular formula is C27H23F6N7O2S. The molecule has 0 radical (unpaired) electrons. The Kier molecular flexibility index (Phi) is 8.68. The monoisotopic (exact) mass is 623 g/mol. The van der Waals surface area contributed by atoms with Crippen LogP contribution in [-0.4, -0.2) is 53.6 Å². The third-order valence-corrected chi connectivity index (χ3v) is 7.48. The van der Waals surface area contributed by atoms with Gasteiger partial charge in [0, 0.05) is 43.8 Å². The number of ether oxygens (including phenoxy) is 1. The maximum Gasteiger partial charge on any atom is 0.434 e. The molecule has 226 valence electrons. The van der Waals surface area contributed by atoms with Crippen molar-refractivity contribution in [2.45, 2.75) is 19.7 Å². The third-order valence-electron chi connectivity index (χ3n) is 6.29. The van der Waals surface area contributed by atoms with Gasteiger partial charge in [-0.1, -0.05) is 0 Å². The number of aryl methyl sites for hydroxylation is 1. The number of nitrogens with one attached hydrogen (secondary N) is 3. The van der Waals surface area contributed by atoms with Crippen molar-refractivity contribution < 1.29 is 35.9 Å². The van der Waals surface area contributed by atoms with Gasteiger partial charge < -0.3 is 25.6 Å². The average molecular weight is 624 g/mol. The van der Waals surface area contributed by atoms with Gasteiger partial charge in [0.1, 0.15) is 21.5 Å². The highest BCUT2D eigenvalue weighted by molar-refractivity contribution is 7.17. The summed E-state index contributed by atoms with van der Waals surface area (Å²) < 4.78 is 85.9. The number of piperazine rings is 1. The van der Waals surface area contributed by atoms with E-state index in [9.17, 15) is 31.1 Å². The molecule has 0 spiro atoms. The predicted molar refractivity (Wildman–Crippen MR) is 149 cm³/mol. The van der Waals surface area contributed by atoms with Gasteiger partial charge >= 0.3 is 12.8 Å². The molecule has 0 saturated carbocycles. The lowest BCUT2D eigenvalue weighted by Crippen LogP contribution is -2.43. The Hall–Kier alpha value is -4.44. The minimum atomic E-state index is -4.91. The Balaban J connectivity index is 1.35. The van der Waals surface area contributed by atoms with E-state index in [1.54, 1.807) is 12.1 Å². The van der Waals surface area contributed by atoms with Crippen LogP contribution in [0.25, 0.3) is 10.6 Å². The number of rotatable bonds is 8. The van der Waals surface area contributed by atoms with E-state index in [-0.39, 0.29) is 32.7 Å². The van der Waals surface area contributed by atoms with Crippen molar-refractivity contribution in [1.82, 2.24) is 20.3 Å². The molecule has 3 N–H and O–H groups in total. The fourth-order valence-electron chi connectivity index (χ4n) is 4.32. The Morgan fingerprint density at radius 3 is 2.42 bits per heavy atom. The first-order valence-corrected chi connectivity index (χ1v) is 13.6. The molecule has 4 aromatic rings. The van der Waals surface area contributed by atoms with E-state index in [4.69, 9.17) is 0 Å². The topological polar surface area (TPSA) is 104 Å². The molecule has 2 aromatic heterocycles. The highest BCUT2D eigenvalue weighted by atomic mass is 32.1. The smallest absolute Gasteiger partial charge is 0.434 e. The number of anilines is 4. The van der Waals surface area contributed by atoms with Crippen LogP contribution in [0.5, 0.6) is 5.75 Å². The van der Waals surface area contributed by atoms with Crippen LogP contribution >= 0.6 is 11.3 Å². The molecule has 1 fully saturated rings. The zero-order chi connectivity index (χ0) is 30.7. The van der Waals surface area contributed by atoms with E-state index in [0.717, 1.165) is 19.3 Å². The normalized spacial score (nSPS) is 13.7. The molecule has 1 amide bonds. The van der Waals surface area contributed by atoms with E-state index in [2.05, 4.69) is 35.6 Å². The maximum atomic E-state index is 14.8. The number of amides is 1. The zero-order valence-electron chi connectivity index (χ0n) is 22.3. The number of alkyl halides is 5. The van der Waals surface area contributed by atoms with Crippen LogP contribution in [-0.2, 0) is 6.18 Å². The van der Waals surface area contributed by atoms with Crippen LogP contribution in [0.4, 0.5) is 49.4 Å². The number of benzene rings is 2. The number of halogens is 6. The van der Waals surface area contributed by atoms with E-state index in [1.807, 2.05) is 4.90 Å². The number of nitrogens with zero attached hydrogens (tertiary/aromatic N) is 4. The lowest BCUT2D eigenvalue weighted by atomic mass is 10.2. The summed E-state index contributed by atoms with van der Waals surface area (Å²) in [5, 5.41) is 8.20. The molecule has 3 heterocycles. The minimum Gasteiger partial charge on any atom is -0.435 e. The van der Waals surface area contributed by atoms with Gasteiger partial charge in [0.15, 0.2) is 5.69 Å². The summed E-state index contributed by atoms with van der Waals surface area (Å²) in [7, 11) is 0. The number of aromatic nitrogens is 3. The largest absolute Gasteiger partial charge is 0.435 e. The number of hydrogen-bond acceptors (Lipinski definition) is 9. The highest BCUT2D eigenvalue weighted by Crippen LogP contribution is 2.38. The second-order valence-corrected chi connectivity index (χ2v) is 10.3. The first-order chi connectivity index (χ1) is 20.5. The number of thiazole rings is 1. The van der Waals surface area contributed by atoms with Crippen molar-refractivity contribution in [2.24, 2.45) is 0 Å². The second-order valence-electron chi connectivity index (χ2n) is 9.27. The van der Waals surface area contributed by atoms with Crippen LogP contribution in [0.3, 0.4) is 0 Å². The quantitative estimate of drug-likeness (QED) is 0.203. The zero-order valence-corrected chi connectivity index (χ0v) is 23.1. The van der Waals surface area contributed by atoms with Crippen LogP contribution < -0.4 is 25.6 Å². The van der Waals surface area contributed by atoms with E-state index >= 15 is 0 Å². The molecule has 1 saturated heterocycles. The summed E-state index contributed by atoms with van der Waals surface area (Å²) in [5.74, 6) is -1.72. The maximum absolute atomic E-state index is 14.8. The SMILES string of the molecule is Cc1nc(-c2cnc(Nc3ccc(OC(F)F)cc3)nc2C(F)(F)F)sc1C(=O)Nc1ccc(N2CCNCC2)c(F)c1. The lowest BCUT2D eigenvalue weighted by Gasteiger charge is -2.29. The van der Waals surface area contributed by atoms with Gasteiger partial charge in [0.05, 0.1) is 16.9 Å². The Labute approximate surface area is 244 Å². The van der Waals surface area contributed by atoms with Crippen LogP contribution in [0.15, 0.2) is 48.7 Å². The molecule has 0 aliphatic carbocycles. The average Bonchev–Trinajstić information content (AvgIpc) is 3.35. The molecule has 5 rings (SSSR count). The fraction of sp³-hybridized carbons (Fsp3) is 0.259. The molecule has 2 aromatic carbocycles. The molecule has 16 heteroatoms. The van der Waals surface area contributed by atoms with E-state index < -0.39 is 41.7 Å². The third kappa shape index (κ3) is 7.14. The summed E-state index contributed by atoms with van der Waals surface area (Å²) in [6.45, 7) is 1.16. The number of carbonyl (C=O) groups excluding carboxylic acids is 1. The van der Waals surface area contributed by atoms with Gasteiger partial charge in [-0.25, -0.2) is 19.3 Å². The van der Waals surface area contributed by atoms with E-state index in [1.165, 1.54) is 37.3 Å². The van der Waals surface area contributed by atoms with Crippen molar-refractivity contribution in [1.29, 1.82) is 0 Å². The minimum absolute atomic E-state index is 0.0306. The van der Waals surface area contributed by atoms with Crippen molar-refractivity contribution in [3.05, 3.63) is 70.7 Å². The van der Waals surface area contributed by atoms with Gasteiger partial charge in [-0.2, -0.15) is 22.0 Å². The van der Waals surface area contributed by atoms with Gasteiger partial charge in [-0.3, -0.25) is 4.79 Å². The predicted octanol–water partition coefficient (Wildman–Crippen LogP) is 6.07. The Morgan fingerprint density at radius 1 is 1.07 bits per heavy atom. The molecule has 0 bridgehead atoms. The summed E-state index contributed by atoms with van der Waals surface area (Å²) in [4.78, 5) is 26.6. The number of hydrogen-bond donors (Lipinski definition) is 3. The van der Waals surface area contributed by atoms with Gasteiger partial charge in [-0.05, 0) is 49.4 Å². The molecular weight excluding hydrogens is 600 g/mol. The fourth-order valence-corrected chi connectivity index (χ4v) is 5.29. The van der Waals surface area contributed by atoms with Crippen LogP contribution in [0, 0.1) is 12.7 Å². The summed E-state index contributed by atoms with van der Waals surface area (Å²) >= 11 is 0.709. The Bertz CT molecular complexity index is 1610. The van der Waals surface area contributed by atoms with Crippen molar-refractivity contribution in [3.8, 4) is 16.3 Å².